The summed E-state index contributed by atoms with van der Waals surface area (Å²) in [5.41, 5.74) is 0.150. The van der Waals surface area contributed by atoms with Crippen molar-refractivity contribution >= 4 is 27.6 Å². The number of aromatic nitrogens is 1. The first-order chi connectivity index (χ1) is 10.3. The number of nitrogens with one attached hydrogen (secondary N) is 1. The van der Waals surface area contributed by atoms with Crippen molar-refractivity contribution in [1.82, 2.24) is 9.88 Å². The molecule has 0 atom stereocenters. The number of carboxylic acids is 1. The molecule has 0 unspecified atom stereocenters. The topological polar surface area (TPSA) is 119 Å². The van der Waals surface area contributed by atoms with E-state index in [1.807, 2.05) is 0 Å². The van der Waals surface area contributed by atoms with Gasteiger partial charge in [-0.3, -0.25) is 0 Å². The van der Waals surface area contributed by atoms with E-state index < -0.39 is 16.0 Å². The van der Waals surface area contributed by atoms with Crippen LogP contribution in [0.3, 0.4) is 0 Å². The molecule has 8 nitrogen and oxygen atoms in total. The molecule has 1 heterocycles. The van der Waals surface area contributed by atoms with Crippen molar-refractivity contribution in [3.8, 4) is 5.75 Å². The third-order valence-electron chi connectivity index (χ3n) is 2.71. The summed E-state index contributed by atoms with van der Waals surface area (Å²) in [5.74, 6) is -1.39. The number of benzene rings is 1. The maximum atomic E-state index is 12.2. The molecule has 2 aromatic rings. The number of hydrogen-bond donors (Lipinski definition) is 2. The minimum atomic E-state index is -3.98. The van der Waals surface area contributed by atoms with Gasteiger partial charge >= 0.3 is 5.97 Å². The Morgan fingerprint density at radius 3 is 2.77 bits per heavy atom. The number of hydrogen-bond acceptors (Lipinski definition) is 6. The molecule has 22 heavy (non-hydrogen) atoms. The van der Waals surface area contributed by atoms with Crippen LogP contribution in [-0.4, -0.2) is 31.8 Å². The number of carboxylic acid groups (broad SMARTS) is 1. The highest BCUT2D eigenvalue weighted by atomic mass is 35.5. The Labute approximate surface area is 130 Å². The normalized spacial score (nSPS) is 11.4. The third-order valence-corrected chi connectivity index (χ3v) is 4.57. The zero-order valence-corrected chi connectivity index (χ0v) is 12.8. The van der Waals surface area contributed by atoms with Crippen LogP contribution >= 0.6 is 11.6 Å². The predicted octanol–water partition coefficient (Wildman–Crippen LogP) is 1.51. The van der Waals surface area contributed by atoms with Crippen LogP contribution in [0.1, 0.15) is 16.1 Å². The zero-order valence-electron chi connectivity index (χ0n) is 11.2. The Hall–Kier alpha value is -2.10. The summed E-state index contributed by atoms with van der Waals surface area (Å²) < 4.78 is 36.2. The highest BCUT2D eigenvalue weighted by molar-refractivity contribution is 7.89. The van der Waals surface area contributed by atoms with Gasteiger partial charge in [-0.2, -0.15) is 0 Å². The van der Waals surface area contributed by atoms with Gasteiger partial charge in [-0.15, -0.1) is 0 Å². The summed E-state index contributed by atoms with van der Waals surface area (Å²) in [7, 11) is -2.75. The molecule has 1 aromatic heterocycles. The summed E-state index contributed by atoms with van der Waals surface area (Å²) in [5, 5.41) is 12.4. The summed E-state index contributed by atoms with van der Waals surface area (Å²) in [4.78, 5) is 10.8. The summed E-state index contributed by atoms with van der Waals surface area (Å²) >= 11 is 5.88. The van der Waals surface area contributed by atoms with Crippen LogP contribution < -0.4 is 9.46 Å². The summed E-state index contributed by atoms with van der Waals surface area (Å²) in [6.45, 7) is -0.0990. The number of carbonyl (C=O) groups is 1. The van der Waals surface area contributed by atoms with Crippen LogP contribution in [0, 0.1) is 0 Å². The van der Waals surface area contributed by atoms with Crippen molar-refractivity contribution in [2.75, 3.05) is 7.11 Å². The Morgan fingerprint density at radius 2 is 2.23 bits per heavy atom. The smallest absolute Gasteiger partial charge is 0.339 e. The monoisotopic (exact) mass is 346 g/mol. The number of nitrogens with zero attached hydrogens (tertiary/aromatic N) is 1. The average molecular weight is 347 g/mol. The first-order valence-electron chi connectivity index (χ1n) is 5.85. The van der Waals surface area contributed by atoms with E-state index in [0.29, 0.717) is 5.69 Å². The molecule has 0 aliphatic heterocycles. The maximum Gasteiger partial charge on any atom is 0.339 e. The molecule has 2 N–H and O–H groups in total. The quantitative estimate of drug-likeness (QED) is 0.813. The number of ether oxygens (including phenoxy) is 1. The zero-order chi connectivity index (χ0) is 16.3. The third kappa shape index (κ3) is 3.38. The molecule has 0 aliphatic rings. The van der Waals surface area contributed by atoms with E-state index in [2.05, 4.69) is 14.4 Å². The van der Waals surface area contributed by atoms with Crippen LogP contribution in [0.25, 0.3) is 0 Å². The molecule has 0 saturated heterocycles. The second-order valence-corrected chi connectivity index (χ2v) is 6.25. The molecule has 0 fully saturated rings. The lowest BCUT2D eigenvalue weighted by Crippen LogP contribution is -2.24. The van der Waals surface area contributed by atoms with E-state index >= 15 is 0 Å². The van der Waals surface area contributed by atoms with Gasteiger partial charge in [0.15, 0.2) is 0 Å². The van der Waals surface area contributed by atoms with E-state index in [1.165, 1.54) is 19.4 Å². The van der Waals surface area contributed by atoms with Gasteiger partial charge in [0, 0.05) is 12.1 Å². The molecular weight excluding hydrogens is 336 g/mol. The SMILES string of the molecule is COc1cc(S(=O)(=O)NCc2ccon2)c(Cl)cc1C(=O)O. The minimum Gasteiger partial charge on any atom is -0.496 e. The average Bonchev–Trinajstić information content (AvgIpc) is 2.98. The highest BCUT2D eigenvalue weighted by Crippen LogP contribution is 2.30. The van der Waals surface area contributed by atoms with Crippen LogP contribution in [0.15, 0.2) is 33.9 Å². The van der Waals surface area contributed by atoms with E-state index in [1.54, 1.807) is 0 Å². The fraction of sp³-hybridized carbons (Fsp3) is 0.167. The summed E-state index contributed by atoms with van der Waals surface area (Å²) in [6.07, 6.45) is 1.31. The fourth-order valence-electron chi connectivity index (χ4n) is 1.65. The molecule has 1 aromatic carbocycles. The van der Waals surface area contributed by atoms with Crippen LogP contribution in [-0.2, 0) is 16.6 Å². The molecule has 10 heteroatoms. The Balaban J connectivity index is 2.36. The van der Waals surface area contributed by atoms with Crippen molar-refractivity contribution in [2.24, 2.45) is 0 Å². The molecule has 0 saturated carbocycles. The molecule has 0 aliphatic carbocycles. The molecule has 0 spiro atoms. The molecule has 0 amide bonds. The largest absolute Gasteiger partial charge is 0.496 e. The van der Waals surface area contributed by atoms with Gasteiger partial charge < -0.3 is 14.4 Å². The molecule has 0 radical (unpaired) electrons. The van der Waals surface area contributed by atoms with Crippen LogP contribution in [0.4, 0.5) is 0 Å². The van der Waals surface area contributed by atoms with Gasteiger partial charge in [0.25, 0.3) is 0 Å². The van der Waals surface area contributed by atoms with Gasteiger partial charge in [0.1, 0.15) is 22.5 Å². The maximum absolute atomic E-state index is 12.2. The van der Waals surface area contributed by atoms with Gasteiger partial charge in [-0.05, 0) is 6.07 Å². The number of rotatable bonds is 6. The second-order valence-electron chi connectivity index (χ2n) is 4.10. The standard InChI is InChI=1S/C12H11ClN2O6S/c1-20-10-5-11(9(13)4-8(10)12(16)17)22(18,19)14-6-7-2-3-21-15-7/h2-5,14H,6H2,1H3,(H,16,17). The van der Waals surface area contributed by atoms with E-state index in [4.69, 9.17) is 21.4 Å². The lowest BCUT2D eigenvalue weighted by Gasteiger charge is -2.11. The van der Waals surface area contributed by atoms with E-state index in [9.17, 15) is 13.2 Å². The Kier molecular flexibility index (Phi) is 4.69. The van der Waals surface area contributed by atoms with Crippen molar-refractivity contribution in [3.63, 3.8) is 0 Å². The van der Waals surface area contributed by atoms with Crippen molar-refractivity contribution in [3.05, 3.63) is 40.7 Å². The molecule has 2 rings (SSSR count). The first kappa shape index (κ1) is 16.3. The second kappa shape index (κ2) is 6.34. The van der Waals surface area contributed by atoms with Gasteiger partial charge in [0.2, 0.25) is 10.0 Å². The first-order valence-corrected chi connectivity index (χ1v) is 7.71. The number of sulfonamides is 1. The lowest BCUT2D eigenvalue weighted by molar-refractivity contribution is 0.0693. The fourth-order valence-corrected chi connectivity index (χ4v) is 3.19. The molecule has 118 valence electrons. The summed E-state index contributed by atoms with van der Waals surface area (Å²) in [6, 6.07) is 3.57. The molecule has 0 bridgehead atoms. The Bertz CT molecular complexity index is 788. The van der Waals surface area contributed by atoms with E-state index in [-0.39, 0.29) is 27.8 Å². The van der Waals surface area contributed by atoms with E-state index in [0.717, 1.165) is 12.1 Å². The van der Waals surface area contributed by atoms with Crippen LogP contribution in [0.2, 0.25) is 5.02 Å². The minimum absolute atomic E-state index is 0.0990. The lowest BCUT2D eigenvalue weighted by atomic mass is 10.2. The van der Waals surface area contributed by atoms with Crippen molar-refractivity contribution < 1.29 is 27.6 Å². The number of aromatic carboxylic acids is 1. The van der Waals surface area contributed by atoms with Crippen molar-refractivity contribution in [1.29, 1.82) is 0 Å². The van der Waals surface area contributed by atoms with Crippen molar-refractivity contribution in [2.45, 2.75) is 11.4 Å². The predicted molar refractivity (Wildman–Crippen MR) is 75.5 cm³/mol. The van der Waals surface area contributed by atoms with Gasteiger partial charge in [0.05, 0.1) is 24.4 Å². The highest BCUT2D eigenvalue weighted by Gasteiger charge is 2.23. The molecular formula is C12H11ClN2O6S. The van der Waals surface area contributed by atoms with Gasteiger partial charge in [-0.25, -0.2) is 17.9 Å². The Morgan fingerprint density at radius 1 is 1.50 bits per heavy atom. The van der Waals surface area contributed by atoms with Gasteiger partial charge in [-0.1, -0.05) is 16.8 Å². The number of methoxy groups -OCH3 is 1. The number of halogens is 1. The van der Waals surface area contributed by atoms with Crippen LogP contribution in [0.5, 0.6) is 5.75 Å².